The van der Waals surface area contributed by atoms with E-state index in [0.29, 0.717) is 12.6 Å². The van der Waals surface area contributed by atoms with Gasteiger partial charge in [0.15, 0.2) is 0 Å². The normalized spacial score (nSPS) is 16.6. The topological polar surface area (TPSA) is 44.4 Å². The van der Waals surface area contributed by atoms with Gasteiger partial charge in [0, 0.05) is 24.8 Å². The number of likely N-dealkylation sites (N-methyl/N-ethyl adjacent to an activating group) is 1. The maximum absolute atomic E-state index is 11.5. The number of piperidine rings is 1. The van der Waals surface area contributed by atoms with Gasteiger partial charge in [0.2, 0.25) is 5.91 Å². The number of anilines is 1. The van der Waals surface area contributed by atoms with E-state index < -0.39 is 0 Å². The minimum Gasteiger partial charge on any atom is -0.371 e. The minimum atomic E-state index is 0.0932. The molecule has 0 aliphatic carbocycles. The van der Waals surface area contributed by atoms with Crippen molar-refractivity contribution in [2.24, 2.45) is 0 Å². The SMILES string of the molecule is CNCC(=O)NC1CCN(c2ccccc2)CC1. The lowest BCUT2D eigenvalue weighted by Gasteiger charge is -2.34. The van der Waals surface area contributed by atoms with Crippen molar-refractivity contribution in [2.75, 3.05) is 31.6 Å². The molecule has 1 aliphatic heterocycles. The first-order valence-corrected chi connectivity index (χ1v) is 6.53. The molecule has 1 heterocycles. The van der Waals surface area contributed by atoms with Crippen LogP contribution in [0.4, 0.5) is 5.69 Å². The van der Waals surface area contributed by atoms with Crippen LogP contribution in [0.1, 0.15) is 12.8 Å². The van der Waals surface area contributed by atoms with Crippen LogP contribution >= 0.6 is 0 Å². The predicted molar refractivity (Wildman–Crippen MR) is 73.7 cm³/mol. The maximum atomic E-state index is 11.5. The van der Waals surface area contributed by atoms with Crippen molar-refractivity contribution < 1.29 is 4.79 Å². The molecule has 0 aromatic heterocycles. The largest absolute Gasteiger partial charge is 0.371 e. The summed E-state index contributed by atoms with van der Waals surface area (Å²) < 4.78 is 0. The van der Waals surface area contributed by atoms with Crippen LogP contribution in [0.5, 0.6) is 0 Å². The monoisotopic (exact) mass is 247 g/mol. The number of nitrogens with zero attached hydrogens (tertiary/aromatic N) is 1. The van der Waals surface area contributed by atoms with Gasteiger partial charge in [-0.2, -0.15) is 0 Å². The van der Waals surface area contributed by atoms with E-state index in [2.05, 4.69) is 39.8 Å². The van der Waals surface area contributed by atoms with Gasteiger partial charge in [-0.05, 0) is 32.0 Å². The summed E-state index contributed by atoms with van der Waals surface area (Å²) >= 11 is 0. The summed E-state index contributed by atoms with van der Waals surface area (Å²) in [5.41, 5.74) is 1.28. The minimum absolute atomic E-state index is 0.0932. The Bertz CT molecular complexity index is 372. The summed E-state index contributed by atoms with van der Waals surface area (Å²) in [5, 5.41) is 5.93. The first-order chi connectivity index (χ1) is 8.79. The third-order valence-electron chi connectivity index (χ3n) is 3.32. The van der Waals surface area contributed by atoms with E-state index in [1.54, 1.807) is 7.05 Å². The lowest BCUT2D eigenvalue weighted by Crippen LogP contribution is -2.46. The highest BCUT2D eigenvalue weighted by molar-refractivity contribution is 5.78. The molecule has 0 atom stereocenters. The fraction of sp³-hybridized carbons (Fsp3) is 0.500. The Morgan fingerprint density at radius 1 is 1.28 bits per heavy atom. The van der Waals surface area contributed by atoms with Crippen molar-refractivity contribution in [3.63, 3.8) is 0 Å². The summed E-state index contributed by atoms with van der Waals surface area (Å²) in [6, 6.07) is 10.8. The maximum Gasteiger partial charge on any atom is 0.234 e. The quantitative estimate of drug-likeness (QED) is 0.834. The van der Waals surface area contributed by atoms with Crippen LogP contribution in [0, 0.1) is 0 Å². The summed E-state index contributed by atoms with van der Waals surface area (Å²) in [7, 11) is 1.79. The molecule has 0 radical (unpaired) electrons. The van der Waals surface area contributed by atoms with Gasteiger partial charge >= 0.3 is 0 Å². The Morgan fingerprint density at radius 2 is 1.94 bits per heavy atom. The van der Waals surface area contributed by atoms with Crippen molar-refractivity contribution in [1.82, 2.24) is 10.6 Å². The van der Waals surface area contributed by atoms with Crippen molar-refractivity contribution in [3.8, 4) is 0 Å². The number of para-hydroxylation sites is 1. The van der Waals surface area contributed by atoms with E-state index in [0.717, 1.165) is 25.9 Å². The number of rotatable bonds is 4. The van der Waals surface area contributed by atoms with Crippen LogP contribution < -0.4 is 15.5 Å². The molecule has 98 valence electrons. The van der Waals surface area contributed by atoms with Gasteiger partial charge < -0.3 is 15.5 Å². The van der Waals surface area contributed by atoms with E-state index in [4.69, 9.17) is 0 Å². The Labute approximate surface area is 108 Å². The Balaban J connectivity index is 1.80. The molecule has 2 rings (SSSR count). The first-order valence-electron chi connectivity index (χ1n) is 6.53. The standard InChI is InChI=1S/C14H21N3O/c1-15-11-14(18)16-12-7-9-17(10-8-12)13-5-3-2-4-6-13/h2-6,12,15H,7-11H2,1H3,(H,16,18). The zero-order chi connectivity index (χ0) is 12.8. The van der Waals surface area contributed by atoms with Gasteiger partial charge in [-0.15, -0.1) is 0 Å². The number of amides is 1. The fourth-order valence-electron chi connectivity index (χ4n) is 2.36. The molecular weight excluding hydrogens is 226 g/mol. The molecule has 4 heteroatoms. The molecule has 0 bridgehead atoms. The summed E-state index contributed by atoms with van der Waals surface area (Å²) in [4.78, 5) is 13.9. The second-order valence-electron chi connectivity index (χ2n) is 4.69. The molecule has 1 aromatic carbocycles. The summed E-state index contributed by atoms with van der Waals surface area (Å²) in [6.07, 6.45) is 2.04. The van der Waals surface area contributed by atoms with Gasteiger partial charge in [-0.25, -0.2) is 0 Å². The lowest BCUT2D eigenvalue weighted by atomic mass is 10.0. The molecule has 2 N–H and O–H groups in total. The Kier molecular flexibility index (Phi) is 4.59. The van der Waals surface area contributed by atoms with E-state index in [9.17, 15) is 4.79 Å². The van der Waals surface area contributed by atoms with Gasteiger partial charge in [0.05, 0.1) is 6.54 Å². The highest BCUT2D eigenvalue weighted by atomic mass is 16.1. The second kappa shape index (κ2) is 6.40. The number of carbonyl (C=O) groups is 1. The molecule has 4 nitrogen and oxygen atoms in total. The van der Waals surface area contributed by atoms with Crippen LogP contribution in [-0.2, 0) is 4.79 Å². The molecule has 1 aromatic rings. The lowest BCUT2D eigenvalue weighted by molar-refractivity contribution is -0.120. The van der Waals surface area contributed by atoms with Crippen molar-refractivity contribution in [3.05, 3.63) is 30.3 Å². The van der Waals surface area contributed by atoms with Crippen molar-refractivity contribution >= 4 is 11.6 Å². The van der Waals surface area contributed by atoms with Crippen molar-refractivity contribution in [1.29, 1.82) is 0 Å². The first kappa shape index (κ1) is 12.9. The van der Waals surface area contributed by atoms with Crippen LogP contribution in [0.3, 0.4) is 0 Å². The van der Waals surface area contributed by atoms with Crippen LogP contribution in [0.25, 0.3) is 0 Å². The predicted octanol–water partition coefficient (Wildman–Crippen LogP) is 0.991. The van der Waals surface area contributed by atoms with Gasteiger partial charge in [-0.1, -0.05) is 18.2 Å². The fourth-order valence-corrected chi connectivity index (χ4v) is 2.36. The number of hydrogen-bond acceptors (Lipinski definition) is 3. The van der Waals surface area contributed by atoms with E-state index in [-0.39, 0.29) is 5.91 Å². The number of benzene rings is 1. The Morgan fingerprint density at radius 3 is 2.56 bits per heavy atom. The van der Waals surface area contributed by atoms with E-state index >= 15 is 0 Å². The van der Waals surface area contributed by atoms with E-state index in [1.807, 2.05) is 6.07 Å². The summed E-state index contributed by atoms with van der Waals surface area (Å²) in [6.45, 7) is 2.42. The average Bonchev–Trinajstić information content (AvgIpc) is 2.41. The molecular formula is C14H21N3O. The van der Waals surface area contributed by atoms with Gasteiger partial charge in [-0.3, -0.25) is 4.79 Å². The number of hydrogen-bond donors (Lipinski definition) is 2. The third kappa shape index (κ3) is 3.47. The van der Waals surface area contributed by atoms with Crippen LogP contribution in [0.2, 0.25) is 0 Å². The molecule has 18 heavy (non-hydrogen) atoms. The molecule has 1 fully saturated rings. The highest BCUT2D eigenvalue weighted by Gasteiger charge is 2.20. The average molecular weight is 247 g/mol. The smallest absolute Gasteiger partial charge is 0.234 e. The molecule has 1 amide bonds. The van der Waals surface area contributed by atoms with Gasteiger partial charge in [0.25, 0.3) is 0 Å². The molecule has 1 aliphatic rings. The number of nitrogens with one attached hydrogen (secondary N) is 2. The van der Waals surface area contributed by atoms with Gasteiger partial charge in [0.1, 0.15) is 0 Å². The van der Waals surface area contributed by atoms with Crippen molar-refractivity contribution in [2.45, 2.75) is 18.9 Å². The highest BCUT2D eigenvalue weighted by Crippen LogP contribution is 2.19. The number of carbonyl (C=O) groups excluding carboxylic acids is 1. The molecule has 1 saturated heterocycles. The Hall–Kier alpha value is -1.55. The molecule has 0 unspecified atom stereocenters. The zero-order valence-corrected chi connectivity index (χ0v) is 10.9. The van der Waals surface area contributed by atoms with E-state index in [1.165, 1.54) is 5.69 Å². The second-order valence-corrected chi connectivity index (χ2v) is 4.69. The zero-order valence-electron chi connectivity index (χ0n) is 10.9. The summed E-state index contributed by atoms with van der Waals surface area (Å²) in [5.74, 6) is 0.0932. The van der Waals surface area contributed by atoms with Crippen LogP contribution in [0.15, 0.2) is 30.3 Å². The van der Waals surface area contributed by atoms with Crippen LogP contribution in [-0.4, -0.2) is 38.6 Å². The molecule has 0 saturated carbocycles. The molecule has 0 spiro atoms. The third-order valence-corrected chi connectivity index (χ3v) is 3.32.